The van der Waals surface area contributed by atoms with Gasteiger partial charge in [0.15, 0.2) is 23.1 Å². The van der Waals surface area contributed by atoms with Gasteiger partial charge in [-0.15, -0.1) is 0 Å². The minimum atomic E-state index is -0.437. The van der Waals surface area contributed by atoms with Crippen LogP contribution in [0.2, 0.25) is 0 Å². The standard InChI is InChI=1S/C17H18FNO4/c1-21-15-9-5-6-12(16(15)22-2)17(20)19-10-11-23-14-8-4-3-7-13(14)18/h3-9H,10-11H2,1-2H3,(H,19,20). The lowest BCUT2D eigenvalue weighted by Crippen LogP contribution is -2.28. The lowest BCUT2D eigenvalue weighted by molar-refractivity contribution is 0.0943. The number of halogens is 1. The highest BCUT2D eigenvalue weighted by Gasteiger charge is 2.15. The molecule has 6 heteroatoms. The number of rotatable bonds is 7. The third-order valence-corrected chi connectivity index (χ3v) is 3.13. The molecule has 5 nitrogen and oxygen atoms in total. The van der Waals surface area contributed by atoms with Crippen LogP contribution < -0.4 is 19.5 Å². The minimum Gasteiger partial charge on any atom is -0.493 e. The van der Waals surface area contributed by atoms with Gasteiger partial charge in [-0.2, -0.15) is 0 Å². The number of amides is 1. The Hall–Kier alpha value is -2.76. The maximum atomic E-state index is 13.4. The Morgan fingerprint density at radius 2 is 1.78 bits per heavy atom. The monoisotopic (exact) mass is 319 g/mol. The number of ether oxygens (including phenoxy) is 3. The lowest BCUT2D eigenvalue weighted by atomic mass is 10.1. The summed E-state index contributed by atoms with van der Waals surface area (Å²) in [4.78, 5) is 12.2. The van der Waals surface area contributed by atoms with Gasteiger partial charge in [-0.25, -0.2) is 4.39 Å². The van der Waals surface area contributed by atoms with Gasteiger partial charge in [0, 0.05) is 0 Å². The van der Waals surface area contributed by atoms with Gasteiger partial charge >= 0.3 is 0 Å². The molecule has 0 heterocycles. The minimum absolute atomic E-state index is 0.152. The van der Waals surface area contributed by atoms with Crippen molar-refractivity contribution in [1.82, 2.24) is 5.32 Å². The summed E-state index contributed by atoms with van der Waals surface area (Å²) < 4.78 is 29.0. The number of hydrogen-bond acceptors (Lipinski definition) is 4. The van der Waals surface area contributed by atoms with Crippen LogP contribution >= 0.6 is 0 Å². The van der Waals surface area contributed by atoms with E-state index in [9.17, 15) is 9.18 Å². The zero-order chi connectivity index (χ0) is 16.7. The van der Waals surface area contributed by atoms with Crippen LogP contribution in [0.25, 0.3) is 0 Å². The van der Waals surface area contributed by atoms with Gasteiger partial charge in [0.25, 0.3) is 5.91 Å². The van der Waals surface area contributed by atoms with E-state index in [1.807, 2.05) is 0 Å². The zero-order valence-electron chi connectivity index (χ0n) is 13.0. The number of methoxy groups -OCH3 is 2. The first-order valence-corrected chi connectivity index (χ1v) is 7.04. The summed E-state index contributed by atoms with van der Waals surface area (Å²) in [6, 6.07) is 11.1. The second-order valence-corrected chi connectivity index (χ2v) is 4.58. The van der Waals surface area contributed by atoms with Crippen LogP contribution in [0, 0.1) is 5.82 Å². The summed E-state index contributed by atoms with van der Waals surface area (Å²) in [5.41, 5.74) is 0.359. The fourth-order valence-corrected chi connectivity index (χ4v) is 2.05. The van der Waals surface area contributed by atoms with Crippen LogP contribution in [-0.4, -0.2) is 33.3 Å². The van der Waals surface area contributed by atoms with Crippen molar-refractivity contribution in [2.45, 2.75) is 0 Å². The number of carbonyl (C=O) groups excluding carboxylic acids is 1. The summed E-state index contributed by atoms with van der Waals surface area (Å²) in [6.07, 6.45) is 0. The molecular weight excluding hydrogens is 301 g/mol. The Morgan fingerprint density at radius 1 is 1.04 bits per heavy atom. The van der Waals surface area contributed by atoms with Gasteiger partial charge in [-0.05, 0) is 24.3 Å². The van der Waals surface area contributed by atoms with E-state index in [1.54, 1.807) is 30.3 Å². The Kier molecular flexibility index (Phi) is 5.80. The molecule has 0 aliphatic heterocycles. The van der Waals surface area contributed by atoms with Gasteiger partial charge in [0.05, 0.1) is 26.3 Å². The Bertz CT molecular complexity index is 675. The molecule has 2 aromatic carbocycles. The van der Waals surface area contributed by atoms with E-state index in [1.165, 1.54) is 26.4 Å². The Balaban J connectivity index is 1.92. The van der Waals surface area contributed by atoms with Crippen molar-refractivity contribution >= 4 is 5.91 Å². The van der Waals surface area contributed by atoms with Crippen molar-refractivity contribution in [2.24, 2.45) is 0 Å². The maximum absolute atomic E-state index is 13.4. The third kappa shape index (κ3) is 4.12. The van der Waals surface area contributed by atoms with Crippen molar-refractivity contribution in [3.63, 3.8) is 0 Å². The third-order valence-electron chi connectivity index (χ3n) is 3.13. The van der Waals surface area contributed by atoms with Crippen molar-refractivity contribution in [2.75, 3.05) is 27.4 Å². The van der Waals surface area contributed by atoms with E-state index in [2.05, 4.69) is 5.32 Å². The first kappa shape index (κ1) is 16.6. The molecule has 0 aromatic heterocycles. The van der Waals surface area contributed by atoms with Crippen molar-refractivity contribution in [3.05, 3.63) is 53.8 Å². The van der Waals surface area contributed by atoms with Crippen LogP contribution in [0.1, 0.15) is 10.4 Å². The number of benzene rings is 2. The maximum Gasteiger partial charge on any atom is 0.255 e. The highest BCUT2D eigenvalue weighted by Crippen LogP contribution is 2.30. The first-order chi connectivity index (χ1) is 11.2. The van der Waals surface area contributed by atoms with Crippen LogP contribution in [0.15, 0.2) is 42.5 Å². The van der Waals surface area contributed by atoms with Crippen molar-refractivity contribution in [3.8, 4) is 17.2 Å². The molecule has 0 aliphatic carbocycles. The molecule has 0 unspecified atom stereocenters. The van der Waals surface area contributed by atoms with E-state index in [0.29, 0.717) is 17.1 Å². The molecule has 1 amide bonds. The fourth-order valence-electron chi connectivity index (χ4n) is 2.05. The number of hydrogen-bond donors (Lipinski definition) is 1. The molecule has 2 rings (SSSR count). The summed E-state index contributed by atoms with van der Waals surface area (Å²) in [5.74, 6) is 0.233. The molecule has 0 fully saturated rings. The fraction of sp³-hybridized carbons (Fsp3) is 0.235. The van der Waals surface area contributed by atoms with Crippen LogP contribution in [-0.2, 0) is 0 Å². The quantitative estimate of drug-likeness (QED) is 0.797. The molecule has 0 saturated carbocycles. The lowest BCUT2D eigenvalue weighted by Gasteiger charge is -2.13. The normalized spacial score (nSPS) is 10.0. The second kappa shape index (κ2) is 8.03. The van der Waals surface area contributed by atoms with E-state index in [-0.39, 0.29) is 24.8 Å². The van der Waals surface area contributed by atoms with E-state index < -0.39 is 5.82 Å². The van der Waals surface area contributed by atoms with Crippen molar-refractivity contribution < 1.29 is 23.4 Å². The predicted molar refractivity (Wildman–Crippen MR) is 83.8 cm³/mol. The van der Waals surface area contributed by atoms with Gasteiger partial charge in [-0.3, -0.25) is 4.79 Å². The number of nitrogens with one attached hydrogen (secondary N) is 1. The molecule has 0 saturated heterocycles. The SMILES string of the molecule is COc1cccc(C(=O)NCCOc2ccccc2F)c1OC. The summed E-state index contributed by atoms with van der Waals surface area (Å²) >= 11 is 0. The Labute approximate surface area is 134 Å². The number of carbonyl (C=O) groups is 1. The molecule has 0 bridgehead atoms. The molecule has 23 heavy (non-hydrogen) atoms. The van der Waals surface area contributed by atoms with E-state index in [4.69, 9.17) is 14.2 Å². The zero-order valence-corrected chi connectivity index (χ0v) is 13.0. The summed E-state index contributed by atoms with van der Waals surface area (Å²) in [6.45, 7) is 0.381. The summed E-state index contributed by atoms with van der Waals surface area (Å²) in [7, 11) is 2.97. The van der Waals surface area contributed by atoms with Gasteiger partial charge in [0.2, 0.25) is 0 Å². The summed E-state index contributed by atoms with van der Waals surface area (Å²) in [5, 5.41) is 2.69. The topological polar surface area (TPSA) is 56.8 Å². The number of para-hydroxylation sites is 2. The molecule has 0 radical (unpaired) electrons. The largest absolute Gasteiger partial charge is 0.493 e. The van der Waals surface area contributed by atoms with Gasteiger partial charge < -0.3 is 19.5 Å². The molecular formula is C17H18FNO4. The smallest absolute Gasteiger partial charge is 0.255 e. The first-order valence-electron chi connectivity index (χ1n) is 7.04. The molecule has 122 valence electrons. The highest BCUT2D eigenvalue weighted by atomic mass is 19.1. The van der Waals surface area contributed by atoms with E-state index in [0.717, 1.165) is 0 Å². The highest BCUT2D eigenvalue weighted by molar-refractivity contribution is 5.97. The molecule has 0 spiro atoms. The van der Waals surface area contributed by atoms with Crippen LogP contribution in [0.3, 0.4) is 0 Å². The average Bonchev–Trinajstić information content (AvgIpc) is 2.59. The van der Waals surface area contributed by atoms with Crippen LogP contribution in [0.5, 0.6) is 17.2 Å². The average molecular weight is 319 g/mol. The molecule has 2 aromatic rings. The van der Waals surface area contributed by atoms with Crippen molar-refractivity contribution in [1.29, 1.82) is 0 Å². The van der Waals surface area contributed by atoms with Gasteiger partial charge in [0.1, 0.15) is 6.61 Å². The van der Waals surface area contributed by atoms with Crippen LogP contribution in [0.4, 0.5) is 4.39 Å². The molecule has 1 N–H and O–H groups in total. The van der Waals surface area contributed by atoms with E-state index >= 15 is 0 Å². The predicted octanol–water partition coefficient (Wildman–Crippen LogP) is 2.65. The molecule has 0 atom stereocenters. The molecule has 0 aliphatic rings. The second-order valence-electron chi connectivity index (χ2n) is 4.58. The van der Waals surface area contributed by atoms with Gasteiger partial charge in [-0.1, -0.05) is 18.2 Å². The Morgan fingerprint density at radius 3 is 2.48 bits per heavy atom.